The molecule has 1 aliphatic heterocycles. The van der Waals surface area contributed by atoms with Gasteiger partial charge in [0.15, 0.2) is 6.61 Å². The van der Waals surface area contributed by atoms with Crippen molar-refractivity contribution in [3.05, 3.63) is 59.7 Å². The summed E-state index contributed by atoms with van der Waals surface area (Å²) in [5.41, 5.74) is 3.19. The van der Waals surface area contributed by atoms with Crippen LogP contribution in [0.15, 0.2) is 48.5 Å². The van der Waals surface area contributed by atoms with E-state index in [-0.39, 0.29) is 30.9 Å². The summed E-state index contributed by atoms with van der Waals surface area (Å²) in [4.78, 5) is 28.4. The predicted molar refractivity (Wildman–Crippen MR) is 114 cm³/mol. The van der Waals surface area contributed by atoms with Gasteiger partial charge in [0.25, 0.3) is 5.91 Å². The summed E-state index contributed by atoms with van der Waals surface area (Å²) in [6.07, 6.45) is 1.25. The van der Waals surface area contributed by atoms with E-state index in [0.717, 1.165) is 12.1 Å². The third kappa shape index (κ3) is 5.15. The molecule has 1 atom stereocenters. The molecule has 1 heterocycles. The molecule has 0 radical (unpaired) electrons. The van der Waals surface area contributed by atoms with Crippen molar-refractivity contribution in [2.45, 2.75) is 25.8 Å². The predicted octanol–water partition coefficient (Wildman–Crippen LogP) is 2.78. The number of nitrogens with one attached hydrogen (secondary N) is 1. The summed E-state index contributed by atoms with van der Waals surface area (Å²) in [5, 5.41) is 3.02. The van der Waals surface area contributed by atoms with Crippen LogP contribution in [-0.2, 0) is 16.0 Å². The molecule has 6 heteroatoms. The molecule has 0 saturated carbocycles. The maximum absolute atomic E-state index is 12.5. The van der Waals surface area contributed by atoms with Crippen molar-refractivity contribution in [1.29, 1.82) is 0 Å². The van der Waals surface area contributed by atoms with Crippen molar-refractivity contribution in [2.24, 2.45) is 0 Å². The third-order valence-corrected chi connectivity index (χ3v) is 5.26. The van der Waals surface area contributed by atoms with Crippen LogP contribution in [-0.4, -0.2) is 50.5 Å². The van der Waals surface area contributed by atoms with Crippen molar-refractivity contribution in [3.63, 3.8) is 0 Å². The summed E-state index contributed by atoms with van der Waals surface area (Å²) in [7, 11) is 4.02. The third-order valence-electron chi connectivity index (χ3n) is 5.26. The first-order valence-corrected chi connectivity index (χ1v) is 10.0. The lowest BCUT2D eigenvalue weighted by Gasteiger charge is -2.29. The maximum atomic E-state index is 12.5. The number of fused-ring (bicyclic) bond motifs is 1. The normalized spacial score (nSPS) is 14.3. The first-order valence-electron chi connectivity index (χ1n) is 10.0. The van der Waals surface area contributed by atoms with Crippen LogP contribution < -0.4 is 15.0 Å². The topological polar surface area (TPSA) is 61.9 Å². The van der Waals surface area contributed by atoms with Gasteiger partial charge in [-0.25, -0.2) is 0 Å². The van der Waals surface area contributed by atoms with Crippen LogP contribution in [0.5, 0.6) is 5.75 Å². The second-order valence-electron chi connectivity index (χ2n) is 7.43. The van der Waals surface area contributed by atoms with Gasteiger partial charge in [0.05, 0.1) is 11.7 Å². The van der Waals surface area contributed by atoms with E-state index in [4.69, 9.17) is 4.74 Å². The van der Waals surface area contributed by atoms with E-state index < -0.39 is 0 Å². The van der Waals surface area contributed by atoms with E-state index >= 15 is 0 Å². The Morgan fingerprint density at radius 1 is 1.17 bits per heavy atom. The molecule has 1 N–H and O–H groups in total. The number of amides is 2. The number of carbonyl (C=O) groups is 2. The van der Waals surface area contributed by atoms with Gasteiger partial charge in [-0.05, 0) is 43.8 Å². The quantitative estimate of drug-likeness (QED) is 0.747. The Bertz CT molecular complexity index is 849. The van der Waals surface area contributed by atoms with E-state index in [1.165, 1.54) is 11.1 Å². The Hall–Kier alpha value is -2.86. The van der Waals surface area contributed by atoms with Crippen LogP contribution in [0.2, 0.25) is 0 Å². The van der Waals surface area contributed by atoms with Crippen molar-refractivity contribution < 1.29 is 14.3 Å². The molecule has 0 aromatic heterocycles. The first-order chi connectivity index (χ1) is 14.0. The average molecular weight is 396 g/mol. The number of benzene rings is 2. The summed E-state index contributed by atoms with van der Waals surface area (Å²) in [5.74, 6) is 0.480. The van der Waals surface area contributed by atoms with E-state index in [1.807, 2.05) is 38.4 Å². The van der Waals surface area contributed by atoms with Gasteiger partial charge in [0, 0.05) is 19.5 Å². The van der Waals surface area contributed by atoms with Gasteiger partial charge < -0.3 is 19.9 Å². The lowest BCUT2D eigenvalue weighted by molar-refractivity contribution is -0.122. The van der Waals surface area contributed by atoms with Crippen LogP contribution >= 0.6 is 0 Å². The Labute approximate surface area is 172 Å². The SMILES string of the molecule is CCc1ccc(C(CNC(=O)CCN2C(=O)COc3ccccc32)N(C)C)cc1. The van der Waals surface area contributed by atoms with E-state index in [0.29, 0.717) is 18.8 Å². The fourth-order valence-electron chi connectivity index (χ4n) is 3.49. The first kappa shape index (κ1) is 20.9. The Morgan fingerprint density at radius 3 is 2.59 bits per heavy atom. The van der Waals surface area contributed by atoms with Gasteiger partial charge in [0.2, 0.25) is 5.91 Å². The molecule has 29 heavy (non-hydrogen) atoms. The number of nitrogens with zero attached hydrogens (tertiary/aromatic N) is 2. The molecule has 3 rings (SSSR count). The highest BCUT2D eigenvalue weighted by atomic mass is 16.5. The molecule has 0 spiro atoms. The van der Waals surface area contributed by atoms with Crippen molar-refractivity contribution >= 4 is 17.5 Å². The molecule has 0 fully saturated rings. The van der Waals surface area contributed by atoms with Gasteiger partial charge in [-0.3, -0.25) is 9.59 Å². The highest BCUT2D eigenvalue weighted by Gasteiger charge is 2.25. The van der Waals surface area contributed by atoms with Crippen LogP contribution in [0.1, 0.15) is 30.5 Å². The number of likely N-dealkylation sites (N-methyl/N-ethyl adjacent to an activating group) is 1. The summed E-state index contributed by atoms with van der Waals surface area (Å²) in [6.45, 7) is 3.00. The molecule has 6 nitrogen and oxygen atoms in total. The molecule has 2 aromatic rings. The van der Waals surface area contributed by atoms with Gasteiger partial charge >= 0.3 is 0 Å². The van der Waals surface area contributed by atoms with Gasteiger partial charge in [-0.15, -0.1) is 0 Å². The van der Waals surface area contributed by atoms with Gasteiger partial charge in [-0.1, -0.05) is 43.3 Å². The summed E-state index contributed by atoms with van der Waals surface area (Å²) in [6, 6.07) is 16.0. The minimum atomic E-state index is -0.126. The monoisotopic (exact) mass is 395 g/mol. The van der Waals surface area contributed by atoms with Crippen LogP contribution in [0, 0.1) is 0 Å². The molecule has 0 bridgehead atoms. The van der Waals surface area contributed by atoms with Crippen molar-refractivity contribution in [1.82, 2.24) is 10.2 Å². The van der Waals surface area contributed by atoms with Crippen molar-refractivity contribution in [2.75, 3.05) is 38.7 Å². The maximum Gasteiger partial charge on any atom is 0.265 e. The number of para-hydroxylation sites is 2. The van der Waals surface area contributed by atoms with E-state index in [2.05, 4.69) is 41.4 Å². The standard InChI is InChI=1S/C23H29N3O3/c1-4-17-9-11-18(12-10-17)20(25(2)3)15-24-22(27)13-14-26-19-7-5-6-8-21(19)29-16-23(26)28/h5-12,20H,4,13-16H2,1-3H3,(H,24,27). The molecule has 2 amide bonds. The van der Waals surface area contributed by atoms with E-state index in [1.54, 1.807) is 4.90 Å². The van der Waals surface area contributed by atoms with E-state index in [9.17, 15) is 9.59 Å². The Kier molecular flexibility index (Phi) is 6.88. The number of rotatable bonds is 8. The highest BCUT2D eigenvalue weighted by Crippen LogP contribution is 2.31. The second-order valence-corrected chi connectivity index (χ2v) is 7.43. The van der Waals surface area contributed by atoms with Gasteiger partial charge in [0.1, 0.15) is 5.75 Å². The Morgan fingerprint density at radius 2 is 1.90 bits per heavy atom. The zero-order valence-corrected chi connectivity index (χ0v) is 17.4. The Balaban J connectivity index is 1.56. The van der Waals surface area contributed by atoms with Crippen LogP contribution in [0.4, 0.5) is 5.69 Å². The molecule has 2 aromatic carbocycles. The number of carbonyl (C=O) groups excluding carboxylic acids is 2. The minimum absolute atomic E-state index is 0.00902. The second kappa shape index (κ2) is 9.56. The zero-order valence-electron chi connectivity index (χ0n) is 17.4. The molecule has 154 valence electrons. The fraction of sp³-hybridized carbons (Fsp3) is 0.391. The molecule has 0 saturated heterocycles. The number of ether oxygens (including phenoxy) is 1. The molecular formula is C23H29N3O3. The zero-order chi connectivity index (χ0) is 20.8. The number of anilines is 1. The summed E-state index contributed by atoms with van der Waals surface area (Å²) < 4.78 is 5.45. The highest BCUT2D eigenvalue weighted by molar-refractivity contribution is 5.98. The number of hydrogen-bond acceptors (Lipinski definition) is 4. The van der Waals surface area contributed by atoms with Crippen LogP contribution in [0.3, 0.4) is 0 Å². The minimum Gasteiger partial charge on any atom is -0.482 e. The smallest absolute Gasteiger partial charge is 0.265 e. The number of hydrogen-bond donors (Lipinski definition) is 1. The van der Waals surface area contributed by atoms with Crippen LogP contribution in [0.25, 0.3) is 0 Å². The van der Waals surface area contributed by atoms with Gasteiger partial charge in [-0.2, -0.15) is 0 Å². The molecule has 1 unspecified atom stereocenters. The molecule has 0 aliphatic carbocycles. The summed E-state index contributed by atoms with van der Waals surface area (Å²) >= 11 is 0. The lowest BCUT2D eigenvalue weighted by atomic mass is 10.0. The molecule has 1 aliphatic rings. The lowest BCUT2D eigenvalue weighted by Crippen LogP contribution is -2.41. The fourth-order valence-corrected chi connectivity index (χ4v) is 3.49. The van der Waals surface area contributed by atoms with Crippen molar-refractivity contribution in [3.8, 4) is 5.75 Å². The number of aryl methyl sites for hydroxylation is 1. The average Bonchev–Trinajstić information content (AvgIpc) is 2.73. The molecular weight excluding hydrogens is 366 g/mol. The largest absolute Gasteiger partial charge is 0.482 e.